The second-order valence-electron chi connectivity index (χ2n) is 4.90. The third-order valence-electron chi connectivity index (χ3n) is 3.57. The minimum absolute atomic E-state index is 0.0951. The van der Waals surface area contributed by atoms with Gasteiger partial charge in [-0.3, -0.25) is 0 Å². The third-order valence-corrected chi connectivity index (χ3v) is 5.42. The van der Waals surface area contributed by atoms with E-state index in [-0.39, 0.29) is 6.04 Å². The summed E-state index contributed by atoms with van der Waals surface area (Å²) in [5, 5.41) is 7.93. The first-order valence-electron chi connectivity index (χ1n) is 6.54. The van der Waals surface area contributed by atoms with Crippen molar-refractivity contribution >= 4 is 10.0 Å². The molecule has 2 rings (SSSR count). The summed E-state index contributed by atoms with van der Waals surface area (Å²) < 4.78 is 26.8. The Balaban J connectivity index is 2.09. The van der Waals surface area contributed by atoms with Gasteiger partial charge in [0.15, 0.2) is 5.25 Å². The van der Waals surface area contributed by atoms with E-state index in [4.69, 9.17) is 5.26 Å². The van der Waals surface area contributed by atoms with Crippen LogP contribution in [0.15, 0.2) is 24.3 Å². The summed E-state index contributed by atoms with van der Waals surface area (Å²) in [5.41, 5.74) is 2.50. The number of benzene rings is 1. The molecule has 1 aliphatic carbocycles. The predicted molar refractivity (Wildman–Crippen MR) is 74.0 cm³/mol. The number of aryl methyl sites for hydroxylation is 1. The van der Waals surface area contributed by atoms with E-state index in [1.165, 1.54) is 11.1 Å². The van der Waals surface area contributed by atoms with Crippen LogP contribution < -0.4 is 4.72 Å². The van der Waals surface area contributed by atoms with Gasteiger partial charge in [0.25, 0.3) is 0 Å². The fourth-order valence-electron chi connectivity index (χ4n) is 2.49. The molecule has 102 valence electrons. The van der Waals surface area contributed by atoms with Gasteiger partial charge < -0.3 is 0 Å². The van der Waals surface area contributed by atoms with E-state index in [1.807, 2.05) is 24.3 Å². The molecule has 0 bridgehead atoms. The Labute approximate surface area is 114 Å². The number of nitrogens with zero attached hydrogens (tertiary/aromatic N) is 1. The second kappa shape index (κ2) is 5.72. The lowest BCUT2D eigenvalue weighted by Crippen LogP contribution is -2.43. The van der Waals surface area contributed by atoms with E-state index >= 15 is 0 Å². The Bertz CT molecular complexity index is 590. The first-order valence-corrected chi connectivity index (χ1v) is 8.09. The van der Waals surface area contributed by atoms with Crippen LogP contribution >= 0.6 is 0 Å². The lowest BCUT2D eigenvalue weighted by atomic mass is 9.89. The van der Waals surface area contributed by atoms with Crippen LogP contribution in [0.3, 0.4) is 0 Å². The minimum Gasteiger partial charge on any atom is -0.211 e. The quantitative estimate of drug-likeness (QED) is 0.912. The topological polar surface area (TPSA) is 70.0 Å². The van der Waals surface area contributed by atoms with Crippen molar-refractivity contribution in [2.24, 2.45) is 0 Å². The van der Waals surface area contributed by atoms with E-state index in [9.17, 15) is 8.42 Å². The number of fused-ring (bicyclic) bond motifs is 1. The Morgan fingerprint density at radius 2 is 2.11 bits per heavy atom. The molecule has 0 radical (unpaired) electrons. The molecule has 4 nitrogen and oxygen atoms in total. The number of rotatable bonds is 4. The highest BCUT2D eigenvalue weighted by Gasteiger charge is 2.28. The molecule has 0 fully saturated rings. The fraction of sp³-hybridized carbons (Fsp3) is 0.500. The molecule has 0 amide bonds. The van der Waals surface area contributed by atoms with Gasteiger partial charge in [-0.05, 0) is 36.8 Å². The molecule has 0 saturated heterocycles. The zero-order valence-corrected chi connectivity index (χ0v) is 11.8. The summed E-state index contributed by atoms with van der Waals surface area (Å²) in [6.07, 6.45) is 2.69. The van der Waals surface area contributed by atoms with E-state index < -0.39 is 15.3 Å². The van der Waals surface area contributed by atoms with Crippen LogP contribution in [0.2, 0.25) is 0 Å². The maximum atomic E-state index is 12.0. The highest BCUT2D eigenvalue weighted by Crippen LogP contribution is 2.22. The Morgan fingerprint density at radius 1 is 1.42 bits per heavy atom. The summed E-state index contributed by atoms with van der Waals surface area (Å²) in [6, 6.07) is 9.86. The van der Waals surface area contributed by atoms with Crippen LogP contribution in [0.1, 0.15) is 30.9 Å². The molecule has 5 heteroatoms. The molecule has 1 N–H and O–H groups in total. The minimum atomic E-state index is -3.54. The molecular formula is C14H18N2O2S. The van der Waals surface area contributed by atoms with Gasteiger partial charge in [-0.1, -0.05) is 31.2 Å². The fourth-order valence-corrected chi connectivity index (χ4v) is 3.90. The van der Waals surface area contributed by atoms with Gasteiger partial charge in [0.1, 0.15) is 0 Å². The van der Waals surface area contributed by atoms with Crippen molar-refractivity contribution in [1.29, 1.82) is 5.26 Å². The normalized spacial score (nSPS) is 20.3. The average Bonchev–Trinajstić information content (AvgIpc) is 2.39. The lowest BCUT2D eigenvalue weighted by molar-refractivity contribution is 0.503. The molecular weight excluding hydrogens is 260 g/mol. The van der Waals surface area contributed by atoms with E-state index in [0.717, 1.165) is 12.8 Å². The Kier molecular flexibility index (Phi) is 4.23. The summed E-state index contributed by atoms with van der Waals surface area (Å²) in [7, 11) is -3.54. The zero-order valence-electron chi connectivity index (χ0n) is 11.0. The highest BCUT2D eigenvalue weighted by molar-refractivity contribution is 7.90. The van der Waals surface area contributed by atoms with Gasteiger partial charge in [0.2, 0.25) is 10.0 Å². The summed E-state index contributed by atoms with van der Waals surface area (Å²) >= 11 is 0. The van der Waals surface area contributed by atoms with Crippen molar-refractivity contribution < 1.29 is 8.42 Å². The number of nitrogens with one attached hydrogen (secondary N) is 1. The SMILES string of the molecule is CCC(C#N)S(=O)(=O)NC1CCc2ccccc2C1. The van der Waals surface area contributed by atoms with Gasteiger partial charge in [-0.15, -0.1) is 0 Å². The van der Waals surface area contributed by atoms with Gasteiger partial charge in [0.05, 0.1) is 6.07 Å². The van der Waals surface area contributed by atoms with Crippen LogP contribution in [-0.4, -0.2) is 19.7 Å². The number of sulfonamides is 1. The van der Waals surface area contributed by atoms with Crippen LogP contribution in [0.4, 0.5) is 0 Å². The van der Waals surface area contributed by atoms with E-state index in [0.29, 0.717) is 12.8 Å². The van der Waals surface area contributed by atoms with Crippen LogP contribution in [0.5, 0.6) is 0 Å². The lowest BCUT2D eigenvalue weighted by Gasteiger charge is -2.26. The molecule has 0 heterocycles. The molecule has 1 aliphatic rings. The summed E-state index contributed by atoms with van der Waals surface area (Å²) in [5.74, 6) is 0. The highest BCUT2D eigenvalue weighted by atomic mass is 32.2. The Morgan fingerprint density at radius 3 is 2.74 bits per heavy atom. The largest absolute Gasteiger partial charge is 0.228 e. The number of hydrogen-bond donors (Lipinski definition) is 1. The monoisotopic (exact) mass is 278 g/mol. The zero-order chi connectivity index (χ0) is 13.9. The van der Waals surface area contributed by atoms with Crippen LogP contribution in [0, 0.1) is 11.3 Å². The molecule has 19 heavy (non-hydrogen) atoms. The summed E-state index contributed by atoms with van der Waals surface area (Å²) in [4.78, 5) is 0. The van der Waals surface area contributed by atoms with E-state index in [2.05, 4.69) is 10.8 Å². The third kappa shape index (κ3) is 3.14. The van der Waals surface area contributed by atoms with Crippen molar-refractivity contribution in [2.45, 2.75) is 43.9 Å². The van der Waals surface area contributed by atoms with Gasteiger partial charge in [0, 0.05) is 6.04 Å². The summed E-state index contributed by atoms with van der Waals surface area (Å²) in [6.45, 7) is 1.71. The molecule has 0 spiro atoms. The van der Waals surface area contributed by atoms with Crippen molar-refractivity contribution in [3.63, 3.8) is 0 Å². The van der Waals surface area contributed by atoms with Gasteiger partial charge in [-0.2, -0.15) is 5.26 Å². The smallest absolute Gasteiger partial charge is 0.211 e. The number of nitriles is 1. The molecule has 2 atom stereocenters. The molecule has 0 aliphatic heterocycles. The van der Waals surface area contributed by atoms with Crippen molar-refractivity contribution in [3.05, 3.63) is 35.4 Å². The van der Waals surface area contributed by atoms with Crippen molar-refractivity contribution in [3.8, 4) is 6.07 Å². The van der Waals surface area contributed by atoms with Crippen molar-refractivity contribution in [2.75, 3.05) is 0 Å². The van der Waals surface area contributed by atoms with E-state index in [1.54, 1.807) is 6.92 Å². The standard InChI is InChI=1S/C14H18N2O2S/c1-2-14(10-15)19(17,18)16-13-8-7-11-5-3-4-6-12(11)9-13/h3-6,13-14,16H,2,7-9H2,1H3. The maximum Gasteiger partial charge on any atom is 0.228 e. The molecule has 1 aromatic carbocycles. The molecule has 0 aromatic heterocycles. The molecule has 0 saturated carbocycles. The molecule has 2 unspecified atom stereocenters. The van der Waals surface area contributed by atoms with Crippen LogP contribution in [-0.2, 0) is 22.9 Å². The number of hydrogen-bond acceptors (Lipinski definition) is 3. The van der Waals surface area contributed by atoms with Gasteiger partial charge >= 0.3 is 0 Å². The maximum absolute atomic E-state index is 12.0. The van der Waals surface area contributed by atoms with Crippen molar-refractivity contribution in [1.82, 2.24) is 4.72 Å². The Hall–Kier alpha value is -1.38. The first-order chi connectivity index (χ1) is 9.06. The first kappa shape index (κ1) is 14.0. The van der Waals surface area contributed by atoms with Gasteiger partial charge in [-0.25, -0.2) is 13.1 Å². The predicted octanol–water partition coefficient (Wildman–Crippen LogP) is 1.77. The van der Waals surface area contributed by atoms with Crippen LogP contribution in [0.25, 0.3) is 0 Å². The average molecular weight is 278 g/mol. The second-order valence-corrected chi connectivity index (χ2v) is 6.79. The molecule has 1 aromatic rings.